The van der Waals surface area contributed by atoms with E-state index in [1.807, 2.05) is 12.1 Å². The van der Waals surface area contributed by atoms with Gasteiger partial charge >= 0.3 is 0 Å². The van der Waals surface area contributed by atoms with Crippen LogP contribution in [-0.2, 0) is 0 Å². The van der Waals surface area contributed by atoms with Crippen LogP contribution in [0.4, 0.5) is 11.4 Å². The van der Waals surface area contributed by atoms with E-state index < -0.39 is 0 Å². The average Bonchev–Trinajstić information content (AvgIpc) is 4.00. The number of nitrogens with zero attached hydrogens (tertiary/aromatic N) is 1. The van der Waals surface area contributed by atoms with E-state index in [1.165, 1.54) is 22.0 Å². The Morgan fingerprint density at radius 1 is 0.417 bits per heavy atom. The molecule has 4 nitrogen and oxygen atoms in total. The van der Waals surface area contributed by atoms with Crippen LogP contribution in [0.2, 0.25) is 0 Å². The summed E-state index contributed by atoms with van der Waals surface area (Å²) in [6, 6.07) is 62.7. The summed E-state index contributed by atoms with van der Waals surface area (Å²) >= 11 is 0. The van der Waals surface area contributed by atoms with Crippen LogP contribution >= 0.6 is 0 Å². The van der Waals surface area contributed by atoms with Gasteiger partial charge in [-0.15, -0.1) is 0 Å². The van der Waals surface area contributed by atoms with E-state index in [1.54, 1.807) is 0 Å². The molecule has 0 saturated carbocycles. The maximum Gasteiger partial charge on any atom is 0.143 e. The van der Waals surface area contributed by atoms with E-state index in [9.17, 15) is 0 Å². The fraction of sp³-hybridized carbons (Fsp3) is 0.0357. The predicted molar refractivity (Wildman–Crippen MR) is 249 cm³/mol. The van der Waals surface area contributed by atoms with Crippen molar-refractivity contribution in [3.8, 4) is 11.1 Å². The summed E-state index contributed by atoms with van der Waals surface area (Å²) < 4.78 is 19.5. The third-order valence-electron chi connectivity index (χ3n) is 12.5. The second kappa shape index (κ2) is 12.8. The van der Waals surface area contributed by atoms with Crippen molar-refractivity contribution in [2.45, 2.75) is 12.8 Å². The van der Waals surface area contributed by atoms with Gasteiger partial charge in [0.15, 0.2) is 0 Å². The number of rotatable bonds is 5. The molecule has 0 N–H and O–H groups in total. The van der Waals surface area contributed by atoms with E-state index in [0.717, 1.165) is 117 Å². The van der Waals surface area contributed by atoms with Gasteiger partial charge in [0.2, 0.25) is 0 Å². The first kappa shape index (κ1) is 33.2. The van der Waals surface area contributed by atoms with Gasteiger partial charge in [-0.05, 0) is 112 Å². The fourth-order valence-electron chi connectivity index (χ4n) is 9.74. The summed E-state index contributed by atoms with van der Waals surface area (Å²) in [6.45, 7) is 0. The average molecular weight is 770 g/mol. The van der Waals surface area contributed by atoms with E-state index in [4.69, 9.17) is 13.3 Å². The lowest BCUT2D eigenvalue weighted by atomic mass is 9.93. The zero-order valence-corrected chi connectivity index (χ0v) is 32.5. The lowest BCUT2D eigenvalue weighted by Crippen LogP contribution is -2.19. The predicted octanol–water partition coefficient (Wildman–Crippen LogP) is 16.3. The molecule has 1 aliphatic rings. The molecule has 0 saturated heterocycles. The van der Waals surface area contributed by atoms with Crippen LogP contribution in [-0.4, -0.2) is 0 Å². The van der Waals surface area contributed by atoms with Gasteiger partial charge in [-0.25, -0.2) is 0 Å². The lowest BCUT2D eigenvalue weighted by Gasteiger charge is -2.32. The van der Waals surface area contributed by atoms with Gasteiger partial charge in [0.05, 0.1) is 11.1 Å². The first-order valence-corrected chi connectivity index (χ1v) is 20.6. The molecule has 3 heterocycles. The Kier molecular flexibility index (Phi) is 7.10. The van der Waals surface area contributed by atoms with E-state index >= 15 is 0 Å². The molecule has 0 atom stereocenters. The van der Waals surface area contributed by atoms with E-state index in [0.29, 0.717) is 0 Å². The van der Waals surface area contributed by atoms with Crippen LogP contribution in [0.3, 0.4) is 0 Å². The van der Waals surface area contributed by atoms with Crippen LogP contribution in [0, 0.1) is 0 Å². The number of anilines is 2. The molecule has 0 aliphatic heterocycles. The molecular weight excluding hydrogens is 735 g/mol. The Labute approximate surface area is 344 Å². The summed E-state index contributed by atoms with van der Waals surface area (Å²) in [5, 5.41) is 11.4. The van der Waals surface area contributed by atoms with Gasteiger partial charge in [0, 0.05) is 49.3 Å². The number of fused-ring (bicyclic) bond motifs is 12. The van der Waals surface area contributed by atoms with Crippen LogP contribution < -0.4 is 4.90 Å². The highest BCUT2D eigenvalue weighted by Gasteiger charge is 2.26. The third-order valence-corrected chi connectivity index (χ3v) is 12.5. The quantitative estimate of drug-likeness (QED) is 0.175. The van der Waals surface area contributed by atoms with Crippen molar-refractivity contribution in [1.82, 2.24) is 0 Å². The minimum atomic E-state index is 0.859. The number of para-hydroxylation sites is 1. The molecule has 12 aromatic rings. The van der Waals surface area contributed by atoms with Crippen molar-refractivity contribution < 1.29 is 13.3 Å². The zero-order chi connectivity index (χ0) is 39.3. The van der Waals surface area contributed by atoms with Crippen molar-refractivity contribution in [3.05, 3.63) is 199 Å². The van der Waals surface area contributed by atoms with Gasteiger partial charge in [0.1, 0.15) is 33.5 Å². The maximum absolute atomic E-state index is 6.77. The highest BCUT2D eigenvalue weighted by molar-refractivity contribution is 6.20. The van der Waals surface area contributed by atoms with Gasteiger partial charge in [-0.2, -0.15) is 0 Å². The molecule has 1 aliphatic carbocycles. The largest absolute Gasteiger partial charge is 0.456 e. The highest BCUT2D eigenvalue weighted by atomic mass is 16.3. The van der Waals surface area contributed by atoms with Gasteiger partial charge in [-0.1, -0.05) is 121 Å². The Morgan fingerprint density at radius 2 is 1.10 bits per heavy atom. The maximum atomic E-state index is 6.77. The second-order valence-corrected chi connectivity index (χ2v) is 15.9. The van der Waals surface area contributed by atoms with Crippen molar-refractivity contribution in [3.63, 3.8) is 0 Å². The SMILES string of the molecule is C1=CC(c2ccc3oc4cc5ccccc5cc4c3c2)=C(N(c2ccc(-c3cccc4oc5ccccc5c34)cc2)c2cccc3oc4c5ccccc5ccc4c23)CC1. The molecule has 0 fully saturated rings. The van der Waals surface area contributed by atoms with Crippen LogP contribution in [0.25, 0.3) is 104 Å². The molecular formula is C56H35NO3. The fourth-order valence-corrected chi connectivity index (χ4v) is 9.74. The molecule has 60 heavy (non-hydrogen) atoms. The Morgan fingerprint density at radius 3 is 1.98 bits per heavy atom. The Hall–Kier alpha value is -7.82. The van der Waals surface area contributed by atoms with Crippen molar-refractivity contribution >= 4 is 104 Å². The summed E-state index contributed by atoms with van der Waals surface area (Å²) in [7, 11) is 0. The molecule has 13 rings (SSSR count). The minimum absolute atomic E-state index is 0.859. The summed E-state index contributed by atoms with van der Waals surface area (Å²) in [6.07, 6.45) is 6.41. The highest BCUT2D eigenvalue weighted by Crippen LogP contribution is 2.47. The summed E-state index contributed by atoms with van der Waals surface area (Å²) in [5.74, 6) is 0. The Bertz CT molecular complexity index is 3780. The molecule has 3 aromatic heterocycles. The summed E-state index contributed by atoms with van der Waals surface area (Å²) in [5.41, 5.74) is 13.4. The number of allylic oxidation sites excluding steroid dienone is 4. The first-order chi connectivity index (χ1) is 29.7. The number of hydrogen-bond acceptors (Lipinski definition) is 4. The van der Waals surface area contributed by atoms with Crippen molar-refractivity contribution in [2.75, 3.05) is 4.90 Å². The van der Waals surface area contributed by atoms with Gasteiger partial charge in [0.25, 0.3) is 0 Å². The molecule has 0 spiro atoms. The van der Waals surface area contributed by atoms with Gasteiger partial charge in [-0.3, -0.25) is 0 Å². The molecule has 4 heteroatoms. The number of hydrogen-bond donors (Lipinski definition) is 0. The Balaban J connectivity index is 1.04. The molecule has 9 aromatic carbocycles. The first-order valence-electron chi connectivity index (χ1n) is 20.6. The van der Waals surface area contributed by atoms with Gasteiger partial charge < -0.3 is 18.2 Å². The summed E-state index contributed by atoms with van der Waals surface area (Å²) in [4.78, 5) is 2.48. The normalized spacial score (nSPS) is 13.4. The molecule has 0 radical (unpaired) electrons. The lowest BCUT2D eigenvalue weighted by molar-refractivity contribution is 0.669. The topological polar surface area (TPSA) is 42.7 Å². The second-order valence-electron chi connectivity index (χ2n) is 15.9. The minimum Gasteiger partial charge on any atom is -0.456 e. The third kappa shape index (κ3) is 4.98. The van der Waals surface area contributed by atoms with Crippen LogP contribution in [0.15, 0.2) is 207 Å². The molecule has 0 unspecified atom stereocenters. The van der Waals surface area contributed by atoms with E-state index in [-0.39, 0.29) is 0 Å². The van der Waals surface area contributed by atoms with Crippen LogP contribution in [0.5, 0.6) is 0 Å². The number of benzene rings is 9. The molecule has 0 amide bonds. The molecule has 282 valence electrons. The standard InChI is InChI=1S/C56H35NO3/c1-2-13-37-33-53-46(31-36(37)12-1)45-32-38(26-30-50(45)59-53)40-14-5-7-18-47(40)57(48-19-10-22-52-55(48)44-29-25-34-11-3-4-15-42(34)56(44)60-52)39-27-23-35(24-28-39)41-17-9-21-51-54(41)43-16-6-8-20-49(43)58-51/h1-6,8-17,19-33H,7,18H2. The molecule has 0 bridgehead atoms. The number of furan rings is 3. The smallest absolute Gasteiger partial charge is 0.143 e. The van der Waals surface area contributed by atoms with Crippen LogP contribution in [0.1, 0.15) is 18.4 Å². The van der Waals surface area contributed by atoms with E-state index in [2.05, 4.69) is 181 Å². The monoisotopic (exact) mass is 769 g/mol. The zero-order valence-electron chi connectivity index (χ0n) is 32.5. The van der Waals surface area contributed by atoms with Crippen molar-refractivity contribution in [2.24, 2.45) is 0 Å². The van der Waals surface area contributed by atoms with Crippen molar-refractivity contribution in [1.29, 1.82) is 0 Å².